The highest BCUT2D eigenvalue weighted by atomic mass is 16.5. The summed E-state index contributed by atoms with van der Waals surface area (Å²) >= 11 is 0. The van der Waals surface area contributed by atoms with E-state index in [4.69, 9.17) is 10.6 Å². The largest absolute Gasteiger partial charge is 0.385 e. The number of nitrogens with zero attached hydrogens (tertiary/aromatic N) is 1. The first-order chi connectivity index (χ1) is 8.60. The number of hydrogen-bond donors (Lipinski definition) is 2. The van der Waals surface area contributed by atoms with Crippen LogP contribution in [-0.4, -0.2) is 38.1 Å². The van der Waals surface area contributed by atoms with Gasteiger partial charge in [0.15, 0.2) is 0 Å². The van der Waals surface area contributed by atoms with Gasteiger partial charge < -0.3 is 15.1 Å². The summed E-state index contributed by atoms with van der Waals surface area (Å²) < 4.78 is 4.97. The Bertz CT molecular complexity index is 407. The smallest absolute Gasteiger partial charge is 0.255 e. The number of carbonyl (C=O) groups is 1. The minimum absolute atomic E-state index is 0.0391. The predicted octanol–water partition coefficient (Wildman–Crippen LogP) is 1.39. The fourth-order valence-electron chi connectivity index (χ4n) is 1.71. The molecule has 100 valence electrons. The van der Waals surface area contributed by atoms with Gasteiger partial charge in [-0.1, -0.05) is 11.6 Å². The molecule has 0 spiro atoms. The van der Waals surface area contributed by atoms with Gasteiger partial charge in [-0.05, 0) is 25.5 Å². The molecule has 0 aliphatic carbocycles. The van der Waals surface area contributed by atoms with Crippen LogP contribution in [-0.2, 0) is 4.74 Å². The van der Waals surface area contributed by atoms with Crippen LogP contribution < -0.4 is 11.3 Å². The number of hydrazine groups is 1. The van der Waals surface area contributed by atoms with E-state index < -0.39 is 0 Å². The van der Waals surface area contributed by atoms with Gasteiger partial charge >= 0.3 is 0 Å². The first-order valence-electron chi connectivity index (χ1n) is 5.91. The van der Waals surface area contributed by atoms with Crippen LogP contribution in [0.2, 0.25) is 0 Å². The topological polar surface area (TPSA) is 67.6 Å². The van der Waals surface area contributed by atoms with Gasteiger partial charge in [0.2, 0.25) is 0 Å². The van der Waals surface area contributed by atoms with Gasteiger partial charge in [-0.2, -0.15) is 0 Å². The average molecular weight is 251 g/mol. The number of anilines is 1. The van der Waals surface area contributed by atoms with E-state index in [2.05, 4.69) is 5.43 Å². The summed E-state index contributed by atoms with van der Waals surface area (Å²) in [6.45, 7) is 3.25. The summed E-state index contributed by atoms with van der Waals surface area (Å²) in [6.07, 6.45) is 0.815. The molecule has 0 aliphatic heterocycles. The van der Waals surface area contributed by atoms with Crippen molar-refractivity contribution in [2.24, 2.45) is 5.84 Å². The summed E-state index contributed by atoms with van der Waals surface area (Å²) in [5.41, 5.74) is 4.82. The standard InChI is InChI=1S/C13H21N3O2/c1-10-5-6-12(15-14)11(9-10)13(17)16(2)7-4-8-18-3/h5-6,9,15H,4,7-8,14H2,1-3H3. The van der Waals surface area contributed by atoms with Crippen molar-refractivity contribution in [2.75, 3.05) is 32.7 Å². The zero-order chi connectivity index (χ0) is 13.5. The molecule has 0 bridgehead atoms. The van der Waals surface area contributed by atoms with Gasteiger partial charge in [0.1, 0.15) is 0 Å². The lowest BCUT2D eigenvalue weighted by atomic mass is 10.1. The fraction of sp³-hybridized carbons (Fsp3) is 0.462. The molecule has 1 aromatic rings. The molecule has 0 saturated carbocycles. The van der Waals surface area contributed by atoms with E-state index >= 15 is 0 Å². The van der Waals surface area contributed by atoms with Crippen LogP contribution in [0.4, 0.5) is 5.69 Å². The Labute approximate surface area is 108 Å². The Kier molecular flexibility index (Phi) is 5.61. The van der Waals surface area contributed by atoms with E-state index in [1.165, 1.54) is 0 Å². The highest BCUT2D eigenvalue weighted by molar-refractivity contribution is 5.99. The number of methoxy groups -OCH3 is 1. The highest BCUT2D eigenvalue weighted by Crippen LogP contribution is 2.18. The van der Waals surface area contributed by atoms with Crippen LogP contribution in [0.15, 0.2) is 18.2 Å². The van der Waals surface area contributed by atoms with Gasteiger partial charge in [-0.3, -0.25) is 10.6 Å². The van der Waals surface area contributed by atoms with Crippen molar-refractivity contribution in [3.8, 4) is 0 Å². The van der Waals surface area contributed by atoms with Crippen molar-refractivity contribution in [3.63, 3.8) is 0 Å². The lowest BCUT2D eigenvalue weighted by Gasteiger charge is -2.19. The Morgan fingerprint density at radius 3 is 2.83 bits per heavy atom. The molecule has 5 nitrogen and oxygen atoms in total. The van der Waals surface area contributed by atoms with Crippen molar-refractivity contribution in [1.29, 1.82) is 0 Å². The van der Waals surface area contributed by atoms with Crippen LogP contribution in [0.3, 0.4) is 0 Å². The van der Waals surface area contributed by atoms with Gasteiger partial charge in [0.05, 0.1) is 11.3 Å². The quantitative estimate of drug-likeness (QED) is 0.455. The van der Waals surface area contributed by atoms with Crippen molar-refractivity contribution in [2.45, 2.75) is 13.3 Å². The maximum atomic E-state index is 12.3. The van der Waals surface area contributed by atoms with E-state index in [0.717, 1.165) is 12.0 Å². The van der Waals surface area contributed by atoms with Crippen LogP contribution in [0.25, 0.3) is 0 Å². The van der Waals surface area contributed by atoms with Gasteiger partial charge in [0, 0.05) is 27.3 Å². The highest BCUT2D eigenvalue weighted by Gasteiger charge is 2.15. The zero-order valence-corrected chi connectivity index (χ0v) is 11.2. The lowest BCUT2D eigenvalue weighted by molar-refractivity contribution is 0.0780. The Morgan fingerprint density at radius 1 is 1.50 bits per heavy atom. The van der Waals surface area contributed by atoms with Crippen LogP contribution in [0.5, 0.6) is 0 Å². The molecule has 18 heavy (non-hydrogen) atoms. The Morgan fingerprint density at radius 2 is 2.22 bits per heavy atom. The van der Waals surface area contributed by atoms with E-state index in [1.807, 2.05) is 25.1 Å². The second-order valence-corrected chi connectivity index (χ2v) is 4.27. The normalized spacial score (nSPS) is 10.2. The molecular formula is C13H21N3O2. The maximum absolute atomic E-state index is 12.3. The molecule has 1 amide bonds. The second-order valence-electron chi connectivity index (χ2n) is 4.27. The van der Waals surface area contributed by atoms with Crippen molar-refractivity contribution < 1.29 is 9.53 Å². The van der Waals surface area contributed by atoms with Crippen molar-refractivity contribution >= 4 is 11.6 Å². The number of carbonyl (C=O) groups excluding carboxylic acids is 1. The molecule has 0 unspecified atom stereocenters. The molecule has 0 fully saturated rings. The van der Waals surface area contributed by atoms with Crippen molar-refractivity contribution in [1.82, 2.24) is 4.90 Å². The number of nitrogens with one attached hydrogen (secondary N) is 1. The third kappa shape index (κ3) is 3.72. The molecule has 3 N–H and O–H groups in total. The molecule has 0 heterocycles. The lowest BCUT2D eigenvalue weighted by Crippen LogP contribution is -2.29. The molecule has 1 rings (SSSR count). The zero-order valence-electron chi connectivity index (χ0n) is 11.2. The molecule has 0 aromatic heterocycles. The fourth-order valence-corrected chi connectivity index (χ4v) is 1.71. The monoisotopic (exact) mass is 251 g/mol. The van der Waals surface area contributed by atoms with E-state index in [-0.39, 0.29) is 5.91 Å². The Balaban J connectivity index is 2.79. The second kappa shape index (κ2) is 6.98. The third-order valence-corrected chi connectivity index (χ3v) is 2.75. The molecular weight excluding hydrogens is 230 g/mol. The summed E-state index contributed by atoms with van der Waals surface area (Å²) in [7, 11) is 3.43. The molecule has 1 aromatic carbocycles. The SMILES string of the molecule is COCCCN(C)C(=O)c1cc(C)ccc1NN. The number of amides is 1. The number of aryl methyl sites for hydroxylation is 1. The van der Waals surface area contributed by atoms with Crippen LogP contribution in [0.1, 0.15) is 22.3 Å². The number of hydrogen-bond acceptors (Lipinski definition) is 4. The van der Waals surface area contributed by atoms with E-state index in [1.54, 1.807) is 19.1 Å². The van der Waals surface area contributed by atoms with Gasteiger partial charge in [0.25, 0.3) is 5.91 Å². The first kappa shape index (κ1) is 14.5. The molecule has 0 saturated heterocycles. The first-order valence-corrected chi connectivity index (χ1v) is 5.91. The van der Waals surface area contributed by atoms with Gasteiger partial charge in [-0.25, -0.2) is 0 Å². The summed E-state index contributed by atoms with van der Waals surface area (Å²) in [6, 6.07) is 5.56. The van der Waals surface area contributed by atoms with Gasteiger partial charge in [-0.15, -0.1) is 0 Å². The molecule has 5 heteroatoms. The number of ether oxygens (including phenoxy) is 1. The number of rotatable bonds is 6. The molecule has 0 atom stereocenters. The van der Waals surface area contributed by atoms with E-state index in [9.17, 15) is 4.79 Å². The van der Waals surface area contributed by atoms with Crippen LogP contribution >= 0.6 is 0 Å². The van der Waals surface area contributed by atoms with Crippen molar-refractivity contribution in [3.05, 3.63) is 29.3 Å². The average Bonchev–Trinajstić information content (AvgIpc) is 2.38. The maximum Gasteiger partial charge on any atom is 0.255 e. The van der Waals surface area contributed by atoms with Crippen LogP contribution in [0, 0.1) is 6.92 Å². The minimum Gasteiger partial charge on any atom is -0.385 e. The van der Waals surface area contributed by atoms with E-state index in [0.29, 0.717) is 24.4 Å². The number of nitrogen functional groups attached to an aromatic ring is 1. The third-order valence-electron chi connectivity index (χ3n) is 2.75. The Hall–Kier alpha value is -1.59. The summed E-state index contributed by atoms with van der Waals surface area (Å²) in [5, 5.41) is 0. The number of benzene rings is 1. The molecule has 0 aliphatic rings. The minimum atomic E-state index is -0.0391. The molecule has 0 radical (unpaired) electrons. The summed E-state index contributed by atoms with van der Waals surface area (Å²) in [5.74, 6) is 5.38. The summed E-state index contributed by atoms with van der Waals surface area (Å²) in [4.78, 5) is 13.9. The number of nitrogens with two attached hydrogens (primary N) is 1. The predicted molar refractivity (Wildman–Crippen MR) is 72.4 cm³/mol.